The van der Waals surface area contributed by atoms with E-state index in [0.717, 1.165) is 55.1 Å². The lowest BCUT2D eigenvalue weighted by Crippen LogP contribution is -2.29. The minimum Gasteiger partial charge on any atom is -0.506 e. The third-order valence-corrected chi connectivity index (χ3v) is 4.06. The summed E-state index contributed by atoms with van der Waals surface area (Å²) in [5.41, 5.74) is 0.971. The van der Waals surface area contributed by atoms with Crippen molar-refractivity contribution >= 4 is 15.9 Å². The molecule has 0 atom stereocenters. The quantitative estimate of drug-likeness (QED) is 0.927. The van der Waals surface area contributed by atoms with Crippen molar-refractivity contribution in [3.05, 3.63) is 28.2 Å². The van der Waals surface area contributed by atoms with Crippen LogP contribution in [0, 0.1) is 5.92 Å². The summed E-state index contributed by atoms with van der Waals surface area (Å²) < 4.78 is 6.13. The fraction of sp³-hybridized carbons (Fsp3) is 0.571. The van der Waals surface area contributed by atoms with Gasteiger partial charge >= 0.3 is 0 Å². The second-order valence-corrected chi connectivity index (χ2v) is 5.85. The van der Waals surface area contributed by atoms with E-state index in [9.17, 15) is 5.11 Å². The van der Waals surface area contributed by atoms with Crippen molar-refractivity contribution in [3.8, 4) is 5.75 Å². The number of halogens is 1. The van der Waals surface area contributed by atoms with E-state index in [1.54, 1.807) is 0 Å². The van der Waals surface area contributed by atoms with Crippen molar-refractivity contribution in [3.63, 3.8) is 0 Å². The minimum atomic E-state index is 0.358. The van der Waals surface area contributed by atoms with Crippen LogP contribution in [0.3, 0.4) is 0 Å². The van der Waals surface area contributed by atoms with Gasteiger partial charge in [0.2, 0.25) is 0 Å². The highest BCUT2D eigenvalue weighted by atomic mass is 79.9. The van der Waals surface area contributed by atoms with Gasteiger partial charge in [0.1, 0.15) is 5.75 Å². The maximum absolute atomic E-state index is 9.96. The number of rotatable bonds is 4. The van der Waals surface area contributed by atoms with Gasteiger partial charge in [-0.15, -0.1) is 0 Å². The van der Waals surface area contributed by atoms with E-state index >= 15 is 0 Å². The van der Waals surface area contributed by atoms with Gasteiger partial charge in [0.05, 0.1) is 4.47 Å². The Morgan fingerprint density at radius 2 is 2.11 bits per heavy atom. The average molecular weight is 314 g/mol. The number of phenolic OH excluding ortho intramolecular Hbond substituents is 1. The Bertz CT molecular complexity index is 391. The Morgan fingerprint density at radius 1 is 1.39 bits per heavy atom. The molecule has 0 aliphatic carbocycles. The van der Waals surface area contributed by atoms with Gasteiger partial charge in [0.15, 0.2) is 0 Å². The summed E-state index contributed by atoms with van der Waals surface area (Å²) in [5.74, 6) is 1.08. The maximum atomic E-state index is 9.96. The van der Waals surface area contributed by atoms with E-state index < -0.39 is 0 Å². The van der Waals surface area contributed by atoms with E-state index in [0.29, 0.717) is 5.75 Å². The molecule has 0 saturated carbocycles. The maximum Gasteiger partial charge on any atom is 0.134 e. The molecule has 1 aromatic rings. The van der Waals surface area contributed by atoms with Gasteiger partial charge in [0, 0.05) is 31.9 Å². The van der Waals surface area contributed by atoms with Gasteiger partial charge in [-0.1, -0.05) is 12.1 Å². The highest BCUT2D eigenvalue weighted by Gasteiger charge is 2.16. The second-order valence-electron chi connectivity index (χ2n) is 5.00. The summed E-state index contributed by atoms with van der Waals surface area (Å²) >= 11 is 3.35. The zero-order valence-corrected chi connectivity index (χ0v) is 12.3. The third kappa shape index (κ3) is 3.70. The lowest BCUT2D eigenvalue weighted by molar-refractivity contribution is 0.0549. The van der Waals surface area contributed by atoms with Gasteiger partial charge in [-0.2, -0.15) is 0 Å². The Morgan fingerprint density at radius 3 is 2.83 bits per heavy atom. The van der Waals surface area contributed by atoms with Crippen molar-refractivity contribution in [2.45, 2.75) is 19.4 Å². The number of phenols is 1. The smallest absolute Gasteiger partial charge is 0.134 e. The molecule has 1 N–H and O–H groups in total. The fourth-order valence-electron chi connectivity index (χ4n) is 2.41. The van der Waals surface area contributed by atoms with Crippen LogP contribution in [0.25, 0.3) is 0 Å². The van der Waals surface area contributed by atoms with Crippen molar-refractivity contribution in [1.82, 2.24) is 4.90 Å². The molecule has 0 aromatic heterocycles. The molecular weight excluding hydrogens is 294 g/mol. The molecule has 0 spiro atoms. The van der Waals surface area contributed by atoms with E-state index in [4.69, 9.17) is 4.74 Å². The van der Waals surface area contributed by atoms with E-state index in [-0.39, 0.29) is 0 Å². The Labute approximate surface area is 117 Å². The molecule has 100 valence electrons. The van der Waals surface area contributed by atoms with Crippen molar-refractivity contribution in [1.29, 1.82) is 0 Å². The molecule has 2 rings (SSSR count). The van der Waals surface area contributed by atoms with Crippen LogP contribution in [0.4, 0.5) is 0 Å². The number of hydrogen-bond donors (Lipinski definition) is 1. The average Bonchev–Trinajstić information content (AvgIpc) is 2.36. The van der Waals surface area contributed by atoms with Gasteiger partial charge in [0.25, 0.3) is 0 Å². The molecule has 1 heterocycles. The van der Waals surface area contributed by atoms with Crippen LogP contribution in [-0.4, -0.2) is 36.8 Å². The highest BCUT2D eigenvalue weighted by molar-refractivity contribution is 9.10. The Hall–Kier alpha value is -0.580. The largest absolute Gasteiger partial charge is 0.506 e. The first-order chi connectivity index (χ1) is 8.66. The molecule has 0 bridgehead atoms. The van der Waals surface area contributed by atoms with Crippen LogP contribution >= 0.6 is 15.9 Å². The number of hydrogen-bond acceptors (Lipinski definition) is 3. The van der Waals surface area contributed by atoms with Gasteiger partial charge in [-0.25, -0.2) is 0 Å². The number of nitrogens with zero attached hydrogens (tertiary/aromatic N) is 1. The molecule has 1 aliphatic heterocycles. The van der Waals surface area contributed by atoms with Crippen molar-refractivity contribution < 1.29 is 9.84 Å². The molecule has 4 heteroatoms. The summed E-state index contributed by atoms with van der Waals surface area (Å²) in [5, 5.41) is 9.96. The standard InChI is InChI=1S/C14H20BrNO2/c1-16(9-11-5-7-18-8-6-11)10-12-3-2-4-13(15)14(12)17/h2-4,11,17H,5-10H2,1H3. The Balaban J connectivity index is 1.90. The topological polar surface area (TPSA) is 32.7 Å². The first-order valence-electron chi connectivity index (χ1n) is 6.39. The van der Waals surface area contributed by atoms with Crippen LogP contribution in [0.2, 0.25) is 0 Å². The molecule has 1 saturated heterocycles. The molecule has 18 heavy (non-hydrogen) atoms. The van der Waals surface area contributed by atoms with Gasteiger partial charge < -0.3 is 14.7 Å². The zero-order chi connectivity index (χ0) is 13.0. The monoisotopic (exact) mass is 313 g/mol. The zero-order valence-electron chi connectivity index (χ0n) is 10.7. The predicted octanol–water partition coefficient (Wildman–Crippen LogP) is 3.01. The fourth-order valence-corrected chi connectivity index (χ4v) is 2.82. The van der Waals surface area contributed by atoms with E-state index in [1.165, 1.54) is 0 Å². The summed E-state index contributed by atoms with van der Waals surface area (Å²) in [7, 11) is 2.11. The summed E-state index contributed by atoms with van der Waals surface area (Å²) in [4.78, 5) is 2.28. The molecular formula is C14H20BrNO2. The number of benzene rings is 1. The van der Waals surface area contributed by atoms with Crippen LogP contribution < -0.4 is 0 Å². The first-order valence-corrected chi connectivity index (χ1v) is 7.18. The van der Waals surface area contributed by atoms with E-state index in [2.05, 4.69) is 27.9 Å². The molecule has 1 aliphatic rings. The lowest BCUT2D eigenvalue weighted by atomic mass is 9.99. The van der Waals surface area contributed by atoms with Crippen LogP contribution in [0.1, 0.15) is 18.4 Å². The SMILES string of the molecule is CN(Cc1cccc(Br)c1O)CC1CCOCC1. The van der Waals surface area contributed by atoms with Gasteiger partial charge in [-0.3, -0.25) is 0 Å². The number of ether oxygens (including phenoxy) is 1. The first kappa shape index (κ1) is 13.8. The van der Waals surface area contributed by atoms with Crippen molar-refractivity contribution in [2.24, 2.45) is 5.92 Å². The van der Waals surface area contributed by atoms with Gasteiger partial charge in [-0.05, 0) is 47.8 Å². The second kappa shape index (κ2) is 6.55. The predicted molar refractivity (Wildman–Crippen MR) is 75.7 cm³/mol. The molecule has 1 fully saturated rings. The van der Waals surface area contributed by atoms with E-state index in [1.807, 2.05) is 18.2 Å². The third-order valence-electron chi connectivity index (χ3n) is 3.42. The summed E-state index contributed by atoms with van der Waals surface area (Å²) in [6.07, 6.45) is 2.30. The number of para-hydroxylation sites is 1. The molecule has 1 aromatic carbocycles. The van der Waals surface area contributed by atoms with Crippen molar-refractivity contribution in [2.75, 3.05) is 26.8 Å². The minimum absolute atomic E-state index is 0.358. The Kier molecular flexibility index (Phi) is 5.03. The normalized spacial score (nSPS) is 17.3. The summed E-state index contributed by atoms with van der Waals surface area (Å²) in [6, 6.07) is 5.79. The number of aromatic hydroxyl groups is 1. The molecule has 0 unspecified atom stereocenters. The summed E-state index contributed by atoms with van der Waals surface area (Å²) in [6.45, 7) is 3.62. The highest BCUT2D eigenvalue weighted by Crippen LogP contribution is 2.28. The van der Waals surface area contributed by atoms with Crippen LogP contribution in [0.15, 0.2) is 22.7 Å². The molecule has 0 amide bonds. The van der Waals surface area contributed by atoms with Crippen LogP contribution in [-0.2, 0) is 11.3 Å². The molecule has 0 radical (unpaired) electrons. The lowest BCUT2D eigenvalue weighted by Gasteiger charge is -2.27. The van der Waals surface area contributed by atoms with Crippen LogP contribution in [0.5, 0.6) is 5.75 Å². The molecule has 3 nitrogen and oxygen atoms in total.